The number of hydrogen-bond donors (Lipinski definition) is 1. The Morgan fingerprint density at radius 3 is 2.71 bits per heavy atom. The highest BCUT2D eigenvalue weighted by Crippen LogP contribution is 2.11. The third-order valence-corrected chi connectivity index (χ3v) is 2.74. The van der Waals surface area contributed by atoms with Crippen molar-refractivity contribution >= 4 is 6.08 Å². The molecule has 0 spiro atoms. The molecule has 0 saturated heterocycles. The number of nitrogens with zero attached hydrogens (tertiary/aromatic N) is 1. The second kappa shape index (κ2) is 7.09. The van der Waals surface area contributed by atoms with Crippen LogP contribution in [-0.2, 0) is 6.54 Å². The Hall–Kier alpha value is -2.07. The van der Waals surface area contributed by atoms with Crippen molar-refractivity contribution in [2.75, 3.05) is 6.61 Å². The fourth-order valence-electron chi connectivity index (χ4n) is 1.66. The second-order valence-electron chi connectivity index (χ2n) is 5.83. The van der Waals surface area contributed by atoms with E-state index in [1.165, 1.54) is 0 Å². The van der Waals surface area contributed by atoms with E-state index in [0.717, 1.165) is 11.3 Å². The van der Waals surface area contributed by atoms with Crippen LogP contribution in [0.5, 0.6) is 6.08 Å². The summed E-state index contributed by atoms with van der Waals surface area (Å²) in [6, 6.07) is 10.1. The summed E-state index contributed by atoms with van der Waals surface area (Å²) in [6.45, 7) is 7.42. The fraction of sp³-hybridized carbons (Fsp3) is 0.353. The van der Waals surface area contributed by atoms with E-state index in [0.29, 0.717) is 19.2 Å². The smallest absolute Gasteiger partial charge is 0.394 e. The molecule has 1 N–H and O–H groups in total. The Labute approximate surface area is 125 Å². The maximum absolute atomic E-state index is 5.45. The van der Waals surface area contributed by atoms with E-state index in [9.17, 15) is 0 Å². The number of aromatic nitrogens is 1. The van der Waals surface area contributed by atoms with Crippen molar-refractivity contribution in [3.63, 3.8) is 0 Å². The van der Waals surface area contributed by atoms with Crippen molar-refractivity contribution < 1.29 is 9.15 Å². The van der Waals surface area contributed by atoms with Gasteiger partial charge in [0.05, 0.1) is 5.69 Å². The lowest BCUT2D eigenvalue weighted by atomic mass is 10.1. The Kier molecular flexibility index (Phi) is 5.17. The maximum atomic E-state index is 5.45. The van der Waals surface area contributed by atoms with Gasteiger partial charge in [-0.05, 0) is 32.4 Å². The van der Waals surface area contributed by atoms with E-state index in [2.05, 4.69) is 31.1 Å². The highest BCUT2D eigenvalue weighted by atomic mass is 16.6. The molecule has 0 fully saturated rings. The van der Waals surface area contributed by atoms with Crippen molar-refractivity contribution in [1.82, 2.24) is 10.3 Å². The average molecular weight is 286 g/mol. The van der Waals surface area contributed by atoms with Gasteiger partial charge in [-0.25, -0.2) is 0 Å². The van der Waals surface area contributed by atoms with Gasteiger partial charge >= 0.3 is 6.08 Å². The van der Waals surface area contributed by atoms with Gasteiger partial charge in [-0.15, -0.1) is 0 Å². The van der Waals surface area contributed by atoms with Crippen LogP contribution < -0.4 is 10.1 Å². The van der Waals surface area contributed by atoms with Crippen molar-refractivity contribution in [2.24, 2.45) is 0 Å². The first-order valence-corrected chi connectivity index (χ1v) is 7.07. The van der Waals surface area contributed by atoms with Gasteiger partial charge in [0, 0.05) is 12.1 Å². The lowest BCUT2D eigenvalue weighted by molar-refractivity contribution is 0.259. The van der Waals surface area contributed by atoms with Gasteiger partial charge in [0.25, 0.3) is 0 Å². The van der Waals surface area contributed by atoms with E-state index in [4.69, 9.17) is 9.15 Å². The number of nitrogens with one attached hydrogen (secondary N) is 1. The number of rotatable bonds is 6. The normalized spacial score (nSPS) is 12.0. The van der Waals surface area contributed by atoms with Crippen LogP contribution in [0.4, 0.5) is 0 Å². The molecule has 2 rings (SSSR count). The van der Waals surface area contributed by atoms with Gasteiger partial charge in [0.15, 0.2) is 0 Å². The summed E-state index contributed by atoms with van der Waals surface area (Å²) in [6.07, 6.45) is 5.87. The summed E-state index contributed by atoms with van der Waals surface area (Å²) >= 11 is 0. The minimum Gasteiger partial charge on any atom is -0.446 e. The van der Waals surface area contributed by atoms with Crippen molar-refractivity contribution in [2.45, 2.75) is 32.9 Å². The van der Waals surface area contributed by atoms with Crippen molar-refractivity contribution in [3.8, 4) is 6.08 Å². The Morgan fingerprint density at radius 1 is 1.24 bits per heavy atom. The molecule has 0 saturated carbocycles. The molecule has 4 heteroatoms. The molecule has 21 heavy (non-hydrogen) atoms. The largest absolute Gasteiger partial charge is 0.446 e. The standard InChI is InChI=1S/C17H22N2O2/c1-17(2,3)18-12-15-13-21-16(19-15)20-11-7-10-14-8-5-4-6-9-14/h4-10,13,18H,11-12H2,1-3H3/b10-7+. The molecular formula is C17H22N2O2. The number of hydrogen-bond acceptors (Lipinski definition) is 4. The summed E-state index contributed by atoms with van der Waals surface area (Å²) < 4.78 is 10.7. The second-order valence-corrected chi connectivity index (χ2v) is 5.83. The molecule has 0 bridgehead atoms. The molecule has 1 aromatic carbocycles. The number of ether oxygens (including phenoxy) is 1. The molecule has 0 atom stereocenters. The average Bonchev–Trinajstić information content (AvgIpc) is 2.90. The number of oxazole rings is 1. The van der Waals surface area contributed by atoms with E-state index < -0.39 is 0 Å². The molecule has 4 nitrogen and oxygen atoms in total. The minimum atomic E-state index is 0.0540. The van der Waals surface area contributed by atoms with Gasteiger partial charge in [0.2, 0.25) is 0 Å². The monoisotopic (exact) mass is 286 g/mol. The molecule has 0 aliphatic heterocycles. The highest BCUT2D eigenvalue weighted by molar-refractivity contribution is 5.48. The number of benzene rings is 1. The minimum absolute atomic E-state index is 0.0540. The van der Waals surface area contributed by atoms with Gasteiger partial charge < -0.3 is 14.5 Å². The Bertz CT molecular complexity index is 568. The molecule has 0 radical (unpaired) electrons. The third-order valence-electron chi connectivity index (χ3n) is 2.74. The van der Waals surface area contributed by atoms with Crippen LogP contribution in [0, 0.1) is 0 Å². The molecular weight excluding hydrogens is 264 g/mol. The Morgan fingerprint density at radius 2 is 2.00 bits per heavy atom. The van der Waals surface area contributed by atoms with E-state index >= 15 is 0 Å². The summed E-state index contributed by atoms with van der Waals surface area (Å²) in [4.78, 5) is 4.27. The Balaban J connectivity index is 1.77. The predicted octanol–water partition coefficient (Wildman–Crippen LogP) is 3.65. The van der Waals surface area contributed by atoms with Gasteiger partial charge in [-0.2, -0.15) is 4.98 Å². The lowest BCUT2D eigenvalue weighted by Crippen LogP contribution is -2.35. The third kappa shape index (κ3) is 5.83. The van der Waals surface area contributed by atoms with Crippen LogP contribution in [0.1, 0.15) is 32.0 Å². The zero-order chi connectivity index (χ0) is 15.1. The molecule has 0 unspecified atom stereocenters. The topological polar surface area (TPSA) is 47.3 Å². The first-order chi connectivity index (χ1) is 10.0. The summed E-state index contributed by atoms with van der Waals surface area (Å²) in [5, 5.41) is 3.35. The van der Waals surface area contributed by atoms with Crippen LogP contribution in [0.2, 0.25) is 0 Å². The SMILES string of the molecule is CC(C)(C)NCc1coc(OC/C=C/c2ccccc2)n1. The first-order valence-electron chi connectivity index (χ1n) is 7.07. The van der Waals surface area contributed by atoms with E-state index in [-0.39, 0.29) is 5.54 Å². The zero-order valence-electron chi connectivity index (χ0n) is 12.8. The predicted molar refractivity (Wildman–Crippen MR) is 84.1 cm³/mol. The van der Waals surface area contributed by atoms with E-state index in [1.807, 2.05) is 42.5 Å². The van der Waals surface area contributed by atoms with Crippen LogP contribution in [0.25, 0.3) is 6.08 Å². The van der Waals surface area contributed by atoms with E-state index in [1.54, 1.807) is 6.26 Å². The van der Waals surface area contributed by atoms with Crippen molar-refractivity contribution in [1.29, 1.82) is 0 Å². The molecule has 2 aromatic rings. The maximum Gasteiger partial charge on any atom is 0.394 e. The van der Waals surface area contributed by atoms with Crippen LogP contribution in [0.3, 0.4) is 0 Å². The molecule has 0 aliphatic rings. The van der Waals surface area contributed by atoms with Crippen LogP contribution in [-0.4, -0.2) is 17.1 Å². The van der Waals surface area contributed by atoms with Crippen molar-refractivity contribution in [3.05, 3.63) is 53.9 Å². The molecule has 0 aliphatic carbocycles. The molecule has 0 amide bonds. The van der Waals surface area contributed by atoms with Gasteiger partial charge in [-0.3, -0.25) is 0 Å². The van der Waals surface area contributed by atoms with Crippen LogP contribution >= 0.6 is 0 Å². The summed E-state index contributed by atoms with van der Waals surface area (Å²) in [7, 11) is 0. The zero-order valence-corrected chi connectivity index (χ0v) is 12.8. The fourth-order valence-corrected chi connectivity index (χ4v) is 1.66. The molecule has 1 aromatic heterocycles. The summed E-state index contributed by atoms with van der Waals surface area (Å²) in [5.74, 6) is 0. The quantitative estimate of drug-likeness (QED) is 0.880. The van der Waals surface area contributed by atoms with Gasteiger partial charge in [0.1, 0.15) is 12.9 Å². The van der Waals surface area contributed by atoms with Gasteiger partial charge in [-0.1, -0.05) is 36.4 Å². The summed E-state index contributed by atoms with van der Waals surface area (Å²) in [5.41, 5.74) is 2.04. The van der Waals surface area contributed by atoms with Crippen LogP contribution in [0.15, 0.2) is 47.1 Å². The lowest BCUT2D eigenvalue weighted by Gasteiger charge is -2.19. The molecule has 1 heterocycles. The highest BCUT2D eigenvalue weighted by Gasteiger charge is 2.11. The molecule has 112 valence electrons. The first kappa shape index (κ1) is 15.3.